The van der Waals surface area contributed by atoms with E-state index in [0.717, 1.165) is 37.8 Å². The zero-order chi connectivity index (χ0) is 19.2. The lowest BCUT2D eigenvalue weighted by atomic mass is 10.1. The molecule has 3 rings (SSSR count). The van der Waals surface area contributed by atoms with Crippen molar-refractivity contribution in [3.63, 3.8) is 0 Å². The summed E-state index contributed by atoms with van der Waals surface area (Å²) in [7, 11) is 0. The van der Waals surface area contributed by atoms with E-state index < -0.39 is 23.2 Å². The first kappa shape index (κ1) is 18.9. The molecule has 1 saturated carbocycles. The lowest BCUT2D eigenvalue weighted by Gasteiger charge is -2.16. The van der Waals surface area contributed by atoms with E-state index in [2.05, 4.69) is 15.6 Å². The first-order valence-electron chi connectivity index (χ1n) is 9.06. The Kier molecular flexibility index (Phi) is 6.11. The van der Waals surface area contributed by atoms with Gasteiger partial charge in [-0.25, -0.2) is 8.78 Å². The van der Waals surface area contributed by atoms with Gasteiger partial charge in [0.15, 0.2) is 0 Å². The number of carbonyl (C=O) groups is 2. The summed E-state index contributed by atoms with van der Waals surface area (Å²) in [6.07, 6.45) is 9.01. The quantitative estimate of drug-likeness (QED) is 0.794. The van der Waals surface area contributed by atoms with Crippen LogP contribution in [0.3, 0.4) is 0 Å². The van der Waals surface area contributed by atoms with Crippen LogP contribution in [0.1, 0.15) is 59.2 Å². The minimum Gasteiger partial charge on any atom is -0.349 e. The van der Waals surface area contributed by atoms with Crippen molar-refractivity contribution in [2.24, 2.45) is 0 Å². The molecule has 2 N–H and O–H groups in total. The number of pyridine rings is 1. The molecule has 2 amide bonds. The van der Waals surface area contributed by atoms with E-state index in [-0.39, 0.29) is 23.1 Å². The van der Waals surface area contributed by atoms with Crippen LogP contribution in [0, 0.1) is 11.6 Å². The molecule has 0 bridgehead atoms. The highest BCUT2D eigenvalue weighted by molar-refractivity contribution is 6.06. The molecule has 0 aliphatic heterocycles. The molecule has 5 nitrogen and oxygen atoms in total. The molecule has 7 heteroatoms. The van der Waals surface area contributed by atoms with E-state index in [1.54, 1.807) is 0 Å². The largest absolute Gasteiger partial charge is 0.349 e. The summed E-state index contributed by atoms with van der Waals surface area (Å²) in [5.74, 6) is -2.80. The average Bonchev–Trinajstić information content (AvgIpc) is 2.93. The molecule has 0 saturated heterocycles. The number of hydrogen-bond donors (Lipinski definition) is 2. The number of carbonyl (C=O) groups excluding carboxylic acids is 2. The third kappa shape index (κ3) is 4.87. The smallest absolute Gasteiger partial charge is 0.257 e. The number of nitrogens with zero attached hydrogens (tertiary/aromatic N) is 1. The van der Waals surface area contributed by atoms with Gasteiger partial charge in [0, 0.05) is 18.4 Å². The second-order valence-corrected chi connectivity index (χ2v) is 6.68. The molecule has 1 aliphatic rings. The third-order valence-electron chi connectivity index (χ3n) is 4.65. The van der Waals surface area contributed by atoms with Crippen LogP contribution in [0.4, 0.5) is 14.5 Å². The Labute approximate surface area is 156 Å². The lowest BCUT2D eigenvalue weighted by molar-refractivity contribution is 0.0933. The Bertz CT molecular complexity index is 813. The molecule has 1 heterocycles. The van der Waals surface area contributed by atoms with E-state index in [0.29, 0.717) is 0 Å². The lowest BCUT2D eigenvalue weighted by Crippen LogP contribution is -2.34. The van der Waals surface area contributed by atoms with Crippen molar-refractivity contribution in [1.82, 2.24) is 10.3 Å². The van der Waals surface area contributed by atoms with Gasteiger partial charge in [0.25, 0.3) is 11.8 Å². The molecule has 1 aromatic heterocycles. The number of nitrogens with one attached hydrogen (secondary N) is 2. The standard InChI is InChI=1S/C20H21F2N3O2/c21-16-8-5-9-17(22)18(16)25-20(27)14-10-13(11-23-12-14)19(26)24-15-6-3-1-2-4-7-15/h5,8-12,15H,1-4,6-7H2,(H,24,26)(H,25,27). The fourth-order valence-electron chi connectivity index (χ4n) is 3.18. The fraction of sp³-hybridized carbons (Fsp3) is 0.350. The molecule has 27 heavy (non-hydrogen) atoms. The van der Waals surface area contributed by atoms with Crippen LogP contribution in [0.5, 0.6) is 0 Å². The molecular formula is C20H21F2N3O2. The van der Waals surface area contributed by atoms with E-state index in [4.69, 9.17) is 0 Å². The van der Waals surface area contributed by atoms with Gasteiger partial charge in [-0.3, -0.25) is 14.6 Å². The molecule has 0 spiro atoms. The topological polar surface area (TPSA) is 71.1 Å². The summed E-state index contributed by atoms with van der Waals surface area (Å²) >= 11 is 0. The Morgan fingerprint density at radius 2 is 1.52 bits per heavy atom. The minimum absolute atomic E-state index is 0.0474. The molecule has 0 atom stereocenters. The van der Waals surface area contributed by atoms with Gasteiger partial charge < -0.3 is 10.6 Å². The van der Waals surface area contributed by atoms with Gasteiger partial charge in [0.1, 0.15) is 17.3 Å². The van der Waals surface area contributed by atoms with Crippen molar-refractivity contribution in [2.75, 3.05) is 5.32 Å². The van der Waals surface area contributed by atoms with Gasteiger partial charge in [-0.05, 0) is 31.0 Å². The summed E-state index contributed by atoms with van der Waals surface area (Å²) in [4.78, 5) is 28.7. The average molecular weight is 373 g/mol. The van der Waals surface area contributed by atoms with Gasteiger partial charge >= 0.3 is 0 Å². The van der Waals surface area contributed by atoms with Gasteiger partial charge in [-0.2, -0.15) is 0 Å². The van der Waals surface area contributed by atoms with Crippen LogP contribution in [0.15, 0.2) is 36.7 Å². The van der Waals surface area contributed by atoms with Crippen molar-refractivity contribution in [1.29, 1.82) is 0 Å². The normalized spacial score (nSPS) is 15.0. The van der Waals surface area contributed by atoms with Crippen LogP contribution in [-0.2, 0) is 0 Å². The first-order chi connectivity index (χ1) is 13.0. The number of aromatic nitrogens is 1. The van der Waals surface area contributed by atoms with Gasteiger partial charge in [0.05, 0.1) is 11.1 Å². The highest BCUT2D eigenvalue weighted by Crippen LogP contribution is 2.20. The van der Waals surface area contributed by atoms with Crippen LogP contribution in [-0.4, -0.2) is 22.8 Å². The van der Waals surface area contributed by atoms with Crippen molar-refractivity contribution in [2.45, 2.75) is 44.6 Å². The molecule has 142 valence electrons. The SMILES string of the molecule is O=C(Nc1c(F)cccc1F)c1cncc(C(=O)NC2CCCCCC2)c1. The van der Waals surface area contributed by atoms with Crippen LogP contribution < -0.4 is 10.6 Å². The number of halogens is 2. The number of rotatable bonds is 4. The molecule has 0 unspecified atom stereocenters. The molecule has 0 radical (unpaired) electrons. The maximum absolute atomic E-state index is 13.7. The van der Waals surface area contributed by atoms with Crippen LogP contribution in [0.2, 0.25) is 0 Å². The Morgan fingerprint density at radius 3 is 2.15 bits per heavy atom. The van der Waals surface area contributed by atoms with E-state index in [1.807, 2.05) is 0 Å². The van der Waals surface area contributed by atoms with Crippen molar-refractivity contribution in [3.05, 3.63) is 59.4 Å². The zero-order valence-electron chi connectivity index (χ0n) is 14.8. The summed E-state index contributed by atoms with van der Waals surface area (Å²) in [6.45, 7) is 0. The van der Waals surface area contributed by atoms with E-state index >= 15 is 0 Å². The van der Waals surface area contributed by atoms with Crippen LogP contribution in [0.25, 0.3) is 0 Å². The Morgan fingerprint density at radius 1 is 0.926 bits per heavy atom. The van der Waals surface area contributed by atoms with Gasteiger partial charge in [0.2, 0.25) is 0 Å². The van der Waals surface area contributed by atoms with E-state index in [1.165, 1.54) is 37.4 Å². The molecule has 1 fully saturated rings. The zero-order valence-corrected chi connectivity index (χ0v) is 14.8. The first-order valence-corrected chi connectivity index (χ1v) is 9.06. The summed E-state index contributed by atoms with van der Waals surface area (Å²) in [5.41, 5.74) is -0.247. The minimum atomic E-state index is -0.876. The monoisotopic (exact) mass is 373 g/mol. The fourth-order valence-corrected chi connectivity index (χ4v) is 3.18. The van der Waals surface area contributed by atoms with E-state index in [9.17, 15) is 18.4 Å². The Balaban J connectivity index is 1.70. The predicted molar refractivity (Wildman–Crippen MR) is 97.5 cm³/mol. The summed E-state index contributed by atoms with van der Waals surface area (Å²) in [5, 5.41) is 5.17. The maximum atomic E-state index is 13.7. The predicted octanol–water partition coefficient (Wildman–Crippen LogP) is 4.06. The van der Waals surface area contributed by atoms with Gasteiger partial charge in [-0.15, -0.1) is 0 Å². The second-order valence-electron chi connectivity index (χ2n) is 6.68. The highest BCUT2D eigenvalue weighted by atomic mass is 19.1. The molecular weight excluding hydrogens is 352 g/mol. The Hall–Kier alpha value is -2.83. The summed E-state index contributed by atoms with van der Waals surface area (Å²) in [6, 6.07) is 4.79. The number of amides is 2. The van der Waals surface area contributed by atoms with Crippen LogP contribution >= 0.6 is 0 Å². The number of anilines is 1. The molecule has 2 aromatic rings. The number of benzene rings is 1. The van der Waals surface area contributed by atoms with Crippen molar-refractivity contribution in [3.8, 4) is 0 Å². The molecule has 1 aliphatic carbocycles. The summed E-state index contributed by atoms with van der Waals surface area (Å²) < 4.78 is 27.4. The van der Waals surface area contributed by atoms with Crippen molar-refractivity contribution >= 4 is 17.5 Å². The number of hydrogen-bond acceptors (Lipinski definition) is 3. The second kappa shape index (κ2) is 8.70. The number of para-hydroxylation sites is 1. The third-order valence-corrected chi connectivity index (χ3v) is 4.65. The maximum Gasteiger partial charge on any atom is 0.257 e. The van der Waals surface area contributed by atoms with Crippen molar-refractivity contribution < 1.29 is 18.4 Å². The van der Waals surface area contributed by atoms with Gasteiger partial charge in [-0.1, -0.05) is 31.7 Å². The molecule has 1 aromatic carbocycles. The highest BCUT2D eigenvalue weighted by Gasteiger charge is 2.18.